The van der Waals surface area contributed by atoms with E-state index in [4.69, 9.17) is 5.73 Å². The topological polar surface area (TPSA) is 60.9 Å². The van der Waals surface area contributed by atoms with E-state index >= 15 is 0 Å². The first-order chi connectivity index (χ1) is 8.66. The van der Waals surface area contributed by atoms with Crippen molar-refractivity contribution in [2.24, 2.45) is 18.2 Å². The van der Waals surface area contributed by atoms with Gasteiger partial charge in [0.15, 0.2) is 0 Å². The van der Waals surface area contributed by atoms with Gasteiger partial charge in [0.2, 0.25) is 0 Å². The molecule has 0 spiro atoms. The second kappa shape index (κ2) is 6.18. The Morgan fingerprint density at radius 2 is 2.05 bits per heavy atom. The lowest BCUT2D eigenvalue weighted by atomic mass is 9.84. The van der Waals surface area contributed by atoms with Crippen LogP contribution < -0.4 is 5.73 Å². The van der Waals surface area contributed by atoms with Gasteiger partial charge in [0.25, 0.3) is 0 Å². The fraction of sp³-hybridized carbons (Fsp3) is 0.714. The van der Waals surface area contributed by atoms with Gasteiger partial charge in [-0.05, 0) is 27.8 Å². The van der Waals surface area contributed by atoms with Gasteiger partial charge < -0.3 is 5.73 Å². The molecule has 0 aromatic carbocycles. The third-order valence-electron chi connectivity index (χ3n) is 3.43. The number of carbonyl (C=O) groups excluding carboxylic acids is 1. The van der Waals surface area contributed by atoms with Crippen LogP contribution >= 0.6 is 15.9 Å². The number of nitrogens with zero attached hydrogens (tertiary/aromatic N) is 2. The van der Waals surface area contributed by atoms with Gasteiger partial charge in [-0.15, -0.1) is 0 Å². The zero-order chi connectivity index (χ0) is 14.8. The molecule has 1 aromatic heterocycles. The van der Waals surface area contributed by atoms with Gasteiger partial charge in [0.05, 0.1) is 15.9 Å². The predicted octanol–water partition coefficient (Wildman–Crippen LogP) is 2.62. The summed E-state index contributed by atoms with van der Waals surface area (Å²) in [5.41, 5.74) is 7.93. The molecular formula is C14H24BrN3O. The highest BCUT2D eigenvalue weighted by Crippen LogP contribution is 2.24. The number of hydrogen-bond acceptors (Lipinski definition) is 3. The summed E-state index contributed by atoms with van der Waals surface area (Å²) in [7, 11) is 1.87. The SMILES string of the molecule is CCc1nn(C)c(CC(=O)CC(N)C(C)(C)C)c1Br. The molecule has 0 aliphatic heterocycles. The van der Waals surface area contributed by atoms with Crippen molar-refractivity contribution < 1.29 is 4.79 Å². The summed E-state index contributed by atoms with van der Waals surface area (Å²) in [4.78, 5) is 12.1. The maximum Gasteiger partial charge on any atom is 0.140 e. The number of aryl methyl sites for hydroxylation is 2. The molecule has 0 amide bonds. The van der Waals surface area contributed by atoms with Crippen molar-refractivity contribution in [2.75, 3.05) is 0 Å². The standard InChI is InChI=1S/C14H24BrN3O/c1-6-10-13(15)11(18(5)17-10)7-9(19)8-12(16)14(2,3)4/h12H,6-8,16H2,1-5H3. The molecule has 0 saturated heterocycles. The van der Waals surface area contributed by atoms with E-state index in [9.17, 15) is 4.79 Å². The fourth-order valence-corrected chi connectivity index (χ4v) is 2.58. The molecule has 1 heterocycles. The van der Waals surface area contributed by atoms with Crippen LogP contribution in [0, 0.1) is 5.41 Å². The monoisotopic (exact) mass is 329 g/mol. The fourth-order valence-electron chi connectivity index (χ4n) is 1.82. The van der Waals surface area contributed by atoms with Crippen molar-refractivity contribution in [1.82, 2.24) is 9.78 Å². The number of aromatic nitrogens is 2. The smallest absolute Gasteiger partial charge is 0.140 e. The van der Waals surface area contributed by atoms with Crippen LogP contribution in [0.5, 0.6) is 0 Å². The van der Waals surface area contributed by atoms with Crippen molar-refractivity contribution in [3.63, 3.8) is 0 Å². The molecule has 2 N–H and O–H groups in total. The average Bonchev–Trinajstić information content (AvgIpc) is 2.55. The highest BCUT2D eigenvalue weighted by atomic mass is 79.9. The van der Waals surface area contributed by atoms with Crippen molar-refractivity contribution in [1.29, 1.82) is 0 Å². The van der Waals surface area contributed by atoms with Crippen LogP contribution in [0.2, 0.25) is 0 Å². The van der Waals surface area contributed by atoms with Crippen LogP contribution in [-0.2, 0) is 24.7 Å². The second-order valence-electron chi connectivity index (χ2n) is 6.08. The van der Waals surface area contributed by atoms with Crippen LogP contribution in [-0.4, -0.2) is 21.6 Å². The Morgan fingerprint density at radius 3 is 2.47 bits per heavy atom. The van der Waals surface area contributed by atoms with E-state index in [2.05, 4.69) is 41.8 Å². The summed E-state index contributed by atoms with van der Waals surface area (Å²) < 4.78 is 2.74. The first-order valence-corrected chi connectivity index (χ1v) is 7.43. The van der Waals surface area contributed by atoms with Crippen LogP contribution in [0.1, 0.15) is 45.5 Å². The van der Waals surface area contributed by atoms with Crippen molar-refractivity contribution in [3.05, 3.63) is 15.9 Å². The lowest BCUT2D eigenvalue weighted by molar-refractivity contribution is -0.119. The van der Waals surface area contributed by atoms with E-state index < -0.39 is 0 Å². The molecule has 19 heavy (non-hydrogen) atoms. The van der Waals surface area contributed by atoms with Gasteiger partial charge in [-0.3, -0.25) is 9.48 Å². The number of carbonyl (C=O) groups is 1. The van der Waals surface area contributed by atoms with Crippen LogP contribution in [0.15, 0.2) is 4.47 Å². The largest absolute Gasteiger partial charge is 0.327 e. The zero-order valence-electron chi connectivity index (χ0n) is 12.5. The first kappa shape index (κ1) is 16.4. The molecule has 0 fully saturated rings. The molecule has 1 atom stereocenters. The maximum atomic E-state index is 12.1. The molecule has 0 saturated carbocycles. The number of halogens is 1. The molecule has 5 heteroatoms. The summed E-state index contributed by atoms with van der Waals surface area (Å²) in [5.74, 6) is 0.161. The molecule has 0 aliphatic rings. The van der Waals surface area contributed by atoms with Gasteiger partial charge in [-0.25, -0.2) is 0 Å². The second-order valence-corrected chi connectivity index (χ2v) is 6.87. The van der Waals surface area contributed by atoms with Gasteiger partial charge in [-0.1, -0.05) is 27.7 Å². The Bertz CT molecular complexity index is 460. The Kier molecular flexibility index (Phi) is 5.33. The molecule has 1 unspecified atom stereocenters. The van der Waals surface area contributed by atoms with Gasteiger partial charge in [0.1, 0.15) is 5.78 Å². The minimum Gasteiger partial charge on any atom is -0.327 e. The van der Waals surface area contributed by atoms with E-state index in [-0.39, 0.29) is 17.2 Å². The van der Waals surface area contributed by atoms with Crippen LogP contribution in [0.3, 0.4) is 0 Å². The molecule has 0 bridgehead atoms. The van der Waals surface area contributed by atoms with E-state index in [1.54, 1.807) is 4.68 Å². The Hall–Kier alpha value is -0.680. The number of nitrogens with two attached hydrogens (primary N) is 1. The van der Waals surface area contributed by atoms with Crippen LogP contribution in [0.4, 0.5) is 0 Å². The Labute approximate surface area is 123 Å². The number of Topliss-reactive ketones (excluding diaryl/α,β-unsaturated/α-hetero) is 1. The molecular weight excluding hydrogens is 306 g/mol. The lowest BCUT2D eigenvalue weighted by Crippen LogP contribution is -2.37. The summed E-state index contributed by atoms with van der Waals surface area (Å²) in [6.45, 7) is 8.22. The number of hydrogen-bond donors (Lipinski definition) is 1. The van der Waals surface area contributed by atoms with E-state index in [1.807, 2.05) is 14.0 Å². The van der Waals surface area contributed by atoms with Gasteiger partial charge in [0, 0.05) is 25.9 Å². The molecule has 108 valence electrons. The molecule has 1 aromatic rings. The first-order valence-electron chi connectivity index (χ1n) is 6.64. The zero-order valence-corrected chi connectivity index (χ0v) is 14.0. The van der Waals surface area contributed by atoms with E-state index in [1.165, 1.54) is 0 Å². The minimum absolute atomic E-state index is 0.0477. The Balaban J connectivity index is 2.76. The van der Waals surface area contributed by atoms with E-state index in [0.29, 0.717) is 12.8 Å². The molecule has 0 radical (unpaired) electrons. The van der Waals surface area contributed by atoms with Crippen LogP contribution in [0.25, 0.3) is 0 Å². The summed E-state index contributed by atoms with van der Waals surface area (Å²) in [6, 6.07) is -0.113. The molecule has 0 aliphatic carbocycles. The number of ketones is 1. The average molecular weight is 330 g/mol. The van der Waals surface area contributed by atoms with Gasteiger partial charge in [-0.2, -0.15) is 5.10 Å². The van der Waals surface area contributed by atoms with Gasteiger partial charge >= 0.3 is 0 Å². The van der Waals surface area contributed by atoms with Crippen molar-refractivity contribution >= 4 is 21.7 Å². The summed E-state index contributed by atoms with van der Waals surface area (Å²) in [6.07, 6.45) is 1.64. The lowest BCUT2D eigenvalue weighted by Gasteiger charge is -2.26. The third kappa shape index (κ3) is 4.14. The van der Waals surface area contributed by atoms with Crippen molar-refractivity contribution in [2.45, 2.75) is 53.0 Å². The van der Waals surface area contributed by atoms with E-state index in [0.717, 1.165) is 22.3 Å². The number of rotatable bonds is 5. The third-order valence-corrected chi connectivity index (χ3v) is 4.34. The highest BCUT2D eigenvalue weighted by Gasteiger charge is 2.24. The minimum atomic E-state index is -0.113. The Morgan fingerprint density at radius 1 is 1.47 bits per heavy atom. The quantitative estimate of drug-likeness (QED) is 0.903. The normalized spacial score (nSPS) is 13.6. The molecule has 1 rings (SSSR count). The van der Waals surface area contributed by atoms with Crippen molar-refractivity contribution in [3.8, 4) is 0 Å². The summed E-state index contributed by atoms with van der Waals surface area (Å²) >= 11 is 3.53. The summed E-state index contributed by atoms with van der Waals surface area (Å²) in [5, 5.41) is 4.40. The predicted molar refractivity (Wildman–Crippen MR) is 81.0 cm³/mol. The molecule has 4 nitrogen and oxygen atoms in total. The maximum absolute atomic E-state index is 12.1. The highest BCUT2D eigenvalue weighted by molar-refractivity contribution is 9.10.